The summed E-state index contributed by atoms with van der Waals surface area (Å²) >= 11 is 0. The number of amides is 2. The van der Waals surface area contributed by atoms with Crippen LogP contribution in [0.25, 0.3) is 0 Å². The van der Waals surface area contributed by atoms with E-state index in [0.29, 0.717) is 18.0 Å². The number of anilines is 1. The van der Waals surface area contributed by atoms with Gasteiger partial charge in [0.05, 0.1) is 4.90 Å². The Morgan fingerprint density at radius 1 is 1.03 bits per heavy atom. The quantitative estimate of drug-likeness (QED) is 0.435. The molecule has 2 amide bonds. The minimum atomic E-state index is -3.36. The first-order chi connectivity index (χ1) is 18.4. The fraction of sp³-hybridized carbons (Fsp3) is 0.444. The molecule has 1 fully saturated rings. The first kappa shape index (κ1) is 28.2. The smallest absolute Gasteiger partial charge is 0.410 e. The fourth-order valence-corrected chi connectivity index (χ4v) is 5.49. The van der Waals surface area contributed by atoms with E-state index in [1.807, 2.05) is 0 Å². The first-order valence-corrected chi connectivity index (χ1v) is 14.7. The van der Waals surface area contributed by atoms with E-state index in [4.69, 9.17) is 4.74 Å². The average molecular weight is 555 g/mol. The maximum atomic E-state index is 13.4. The van der Waals surface area contributed by atoms with Gasteiger partial charge in [0.25, 0.3) is 11.9 Å². The highest BCUT2D eigenvalue weighted by Gasteiger charge is 2.34. The van der Waals surface area contributed by atoms with Gasteiger partial charge >= 0.3 is 6.09 Å². The van der Waals surface area contributed by atoms with E-state index in [0.717, 1.165) is 37.5 Å². The summed E-state index contributed by atoms with van der Waals surface area (Å²) in [5.74, 6) is 0.548. The molecule has 4 rings (SSSR count). The van der Waals surface area contributed by atoms with Crippen molar-refractivity contribution in [1.29, 1.82) is 0 Å². The standard InChI is InChI=1S/C27H34N6O5S/c1-27(2,3)20-9-11-21(12-10-20)33(26(35)38-22-13-15-23(16-14-22)39(4,36)37)17-18-5-7-19(8-6-18)24(34)28-25-29-31-32-30-25/h5-8,13-16,20-21H,9-12,17H2,1-4H3,(H2,28,29,30,31,32,34). The molecule has 1 saturated carbocycles. The number of nitrogens with zero attached hydrogens (tertiary/aromatic N) is 4. The van der Waals surface area contributed by atoms with E-state index in [1.54, 1.807) is 29.2 Å². The Kier molecular flexibility index (Phi) is 8.34. The van der Waals surface area contributed by atoms with Crippen LogP contribution in [0.1, 0.15) is 62.4 Å². The number of carbonyl (C=O) groups excluding carboxylic acids is 2. The summed E-state index contributed by atoms with van der Waals surface area (Å²) in [6, 6.07) is 12.8. The van der Waals surface area contributed by atoms with E-state index < -0.39 is 15.9 Å². The molecule has 2 aromatic carbocycles. The second-order valence-corrected chi connectivity index (χ2v) is 13.0. The van der Waals surface area contributed by atoms with Crippen molar-refractivity contribution in [2.24, 2.45) is 11.3 Å². The Morgan fingerprint density at radius 3 is 2.21 bits per heavy atom. The van der Waals surface area contributed by atoms with Gasteiger partial charge in [-0.2, -0.15) is 5.21 Å². The third-order valence-electron chi connectivity index (χ3n) is 7.19. The lowest BCUT2D eigenvalue weighted by molar-refractivity contribution is 0.0843. The Bertz CT molecular complexity index is 1380. The largest absolute Gasteiger partial charge is 0.415 e. The molecule has 11 nitrogen and oxygen atoms in total. The van der Waals surface area contributed by atoms with Gasteiger partial charge in [0.1, 0.15) is 5.75 Å². The summed E-state index contributed by atoms with van der Waals surface area (Å²) < 4.78 is 29.2. The minimum Gasteiger partial charge on any atom is -0.410 e. The molecule has 1 aliphatic carbocycles. The Morgan fingerprint density at radius 2 is 1.67 bits per heavy atom. The van der Waals surface area contributed by atoms with Gasteiger partial charge in [-0.1, -0.05) is 38.0 Å². The molecule has 0 aliphatic heterocycles. The second kappa shape index (κ2) is 11.5. The Hall–Kier alpha value is -3.80. The van der Waals surface area contributed by atoms with Gasteiger partial charge in [0.15, 0.2) is 9.84 Å². The van der Waals surface area contributed by atoms with Gasteiger partial charge in [-0.25, -0.2) is 13.2 Å². The van der Waals surface area contributed by atoms with Crippen LogP contribution in [0.2, 0.25) is 0 Å². The van der Waals surface area contributed by atoms with Crippen LogP contribution in [-0.4, -0.2) is 58.2 Å². The van der Waals surface area contributed by atoms with Crippen molar-refractivity contribution in [3.8, 4) is 5.75 Å². The first-order valence-electron chi connectivity index (χ1n) is 12.8. The van der Waals surface area contributed by atoms with Crippen LogP contribution in [0, 0.1) is 11.3 Å². The topological polar surface area (TPSA) is 147 Å². The van der Waals surface area contributed by atoms with Crippen LogP contribution in [0.5, 0.6) is 5.75 Å². The molecule has 0 unspecified atom stereocenters. The third kappa shape index (κ3) is 7.41. The third-order valence-corrected chi connectivity index (χ3v) is 8.32. The monoisotopic (exact) mass is 554 g/mol. The molecule has 1 aliphatic rings. The molecular formula is C27H34N6O5S. The maximum Gasteiger partial charge on any atom is 0.415 e. The van der Waals surface area contributed by atoms with Crippen molar-refractivity contribution >= 4 is 27.8 Å². The van der Waals surface area contributed by atoms with E-state index in [9.17, 15) is 18.0 Å². The number of nitrogens with one attached hydrogen (secondary N) is 2. The summed E-state index contributed by atoms with van der Waals surface area (Å²) in [5.41, 5.74) is 1.46. The molecule has 2 N–H and O–H groups in total. The van der Waals surface area contributed by atoms with Crippen molar-refractivity contribution in [2.45, 2.75) is 63.9 Å². The predicted molar refractivity (Wildman–Crippen MR) is 145 cm³/mol. The number of aromatic nitrogens is 4. The molecule has 3 aromatic rings. The molecular weight excluding hydrogens is 520 g/mol. The summed E-state index contributed by atoms with van der Waals surface area (Å²) in [6.45, 7) is 7.06. The van der Waals surface area contributed by atoms with Crippen molar-refractivity contribution in [3.63, 3.8) is 0 Å². The average Bonchev–Trinajstić information content (AvgIpc) is 3.40. The van der Waals surface area contributed by atoms with Crippen LogP contribution >= 0.6 is 0 Å². The van der Waals surface area contributed by atoms with Gasteiger partial charge in [-0.15, -0.1) is 5.10 Å². The molecule has 12 heteroatoms. The van der Waals surface area contributed by atoms with Crippen LogP contribution in [-0.2, 0) is 16.4 Å². The predicted octanol–water partition coefficient (Wildman–Crippen LogP) is 4.46. The van der Waals surface area contributed by atoms with E-state index in [2.05, 4.69) is 46.7 Å². The number of aromatic amines is 1. The zero-order valence-electron chi connectivity index (χ0n) is 22.5. The molecule has 1 aromatic heterocycles. The molecule has 0 radical (unpaired) electrons. The SMILES string of the molecule is CC(C)(C)C1CCC(N(Cc2ccc(C(=O)Nc3nn[nH]n3)cc2)C(=O)Oc2ccc(S(C)(=O)=O)cc2)CC1. The van der Waals surface area contributed by atoms with Gasteiger partial charge in [-0.3, -0.25) is 10.1 Å². The highest BCUT2D eigenvalue weighted by Crippen LogP contribution is 2.39. The van der Waals surface area contributed by atoms with Crippen molar-refractivity contribution < 1.29 is 22.7 Å². The summed E-state index contributed by atoms with van der Waals surface area (Å²) in [6.07, 6.45) is 4.36. The molecule has 1 heterocycles. The number of hydrogen-bond donors (Lipinski definition) is 2. The number of rotatable bonds is 7. The molecule has 0 spiro atoms. The molecule has 0 saturated heterocycles. The maximum absolute atomic E-state index is 13.4. The number of ether oxygens (including phenoxy) is 1. The lowest BCUT2D eigenvalue weighted by atomic mass is 9.71. The number of carbonyl (C=O) groups is 2. The minimum absolute atomic E-state index is 0.00684. The highest BCUT2D eigenvalue weighted by atomic mass is 32.2. The van der Waals surface area contributed by atoms with E-state index in [1.165, 1.54) is 24.3 Å². The summed E-state index contributed by atoms with van der Waals surface area (Å²) in [7, 11) is -3.36. The lowest BCUT2D eigenvalue weighted by Gasteiger charge is -2.40. The van der Waals surface area contributed by atoms with Crippen molar-refractivity contribution in [3.05, 3.63) is 59.7 Å². The van der Waals surface area contributed by atoms with Crippen molar-refractivity contribution in [1.82, 2.24) is 25.5 Å². The fourth-order valence-electron chi connectivity index (χ4n) is 4.86. The summed E-state index contributed by atoms with van der Waals surface area (Å²) in [5, 5.41) is 15.7. The Labute approximate surface area is 228 Å². The molecule has 0 atom stereocenters. The van der Waals surface area contributed by atoms with Crippen molar-refractivity contribution in [2.75, 3.05) is 11.6 Å². The van der Waals surface area contributed by atoms with Gasteiger partial charge in [0, 0.05) is 24.4 Å². The van der Waals surface area contributed by atoms with Crippen LogP contribution in [0.15, 0.2) is 53.4 Å². The van der Waals surface area contributed by atoms with Crippen LogP contribution < -0.4 is 10.1 Å². The normalized spacial score (nSPS) is 17.8. The molecule has 39 heavy (non-hydrogen) atoms. The van der Waals surface area contributed by atoms with E-state index in [-0.39, 0.29) is 34.0 Å². The van der Waals surface area contributed by atoms with Gasteiger partial charge in [-0.05, 0) is 84.2 Å². The Balaban J connectivity index is 1.49. The zero-order valence-corrected chi connectivity index (χ0v) is 23.4. The summed E-state index contributed by atoms with van der Waals surface area (Å²) in [4.78, 5) is 27.8. The van der Waals surface area contributed by atoms with Gasteiger partial charge in [0.2, 0.25) is 0 Å². The number of benzene rings is 2. The lowest BCUT2D eigenvalue weighted by Crippen LogP contribution is -2.44. The van der Waals surface area contributed by atoms with Crippen LogP contribution in [0.3, 0.4) is 0 Å². The highest BCUT2D eigenvalue weighted by molar-refractivity contribution is 7.90. The van der Waals surface area contributed by atoms with Gasteiger partial charge < -0.3 is 9.64 Å². The second-order valence-electron chi connectivity index (χ2n) is 11.0. The number of sulfone groups is 1. The molecule has 0 bridgehead atoms. The van der Waals surface area contributed by atoms with E-state index >= 15 is 0 Å². The molecule has 208 valence electrons. The number of hydrogen-bond acceptors (Lipinski definition) is 8. The van der Waals surface area contributed by atoms with Crippen LogP contribution in [0.4, 0.5) is 10.7 Å². The number of tetrazole rings is 1. The number of H-pyrrole nitrogens is 1. The zero-order chi connectivity index (χ0) is 28.2.